The fourth-order valence-electron chi connectivity index (χ4n) is 2.32. The Bertz CT molecular complexity index is 809. The van der Waals surface area contributed by atoms with Crippen molar-refractivity contribution < 1.29 is 14.3 Å². The Morgan fingerprint density at radius 1 is 1.18 bits per heavy atom. The van der Waals surface area contributed by atoms with E-state index in [9.17, 15) is 4.79 Å². The third kappa shape index (κ3) is 2.53. The number of aryl methyl sites for hydroxylation is 1. The predicted molar refractivity (Wildman–Crippen MR) is 82.0 cm³/mol. The second-order valence-electron chi connectivity index (χ2n) is 4.90. The van der Waals surface area contributed by atoms with E-state index < -0.39 is 5.97 Å². The molecule has 0 amide bonds. The highest BCUT2D eigenvalue weighted by molar-refractivity contribution is 5.96. The number of nitrogens with zero attached hydrogens (tertiary/aromatic N) is 2. The van der Waals surface area contributed by atoms with Gasteiger partial charge in [0.15, 0.2) is 0 Å². The molecule has 0 saturated carbocycles. The number of hydrogen-bond acceptors (Lipinski definition) is 4. The molecule has 0 aliphatic carbocycles. The Hall–Kier alpha value is -2.82. The number of carbonyl (C=O) groups is 1. The van der Waals surface area contributed by atoms with E-state index in [-0.39, 0.29) is 0 Å². The SMILES string of the molecule is COC(=O)c1cnn2c(C)c(OCc3ccccc3)ccc12. The van der Waals surface area contributed by atoms with Crippen LogP contribution in [0.25, 0.3) is 5.52 Å². The number of ether oxygens (including phenoxy) is 2. The van der Waals surface area contributed by atoms with Gasteiger partial charge in [-0.2, -0.15) is 5.10 Å². The third-order valence-corrected chi connectivity index (χ3v) is 3.52. The maximum absolute atomic E-state index is 11.7. The summed E-state index contributed by atoms with van der Waals surface area (Å²) >= 11 is 0. The van der Waals surface area contributed by atoms with Crippen molar-refractivity contribution in [3.63, 3.8) is 0 Å². The second kappa shape index (κ2) is 5.89. The van der Waals surface area contributed by atoms with Gasteiger partial charge in [0.1, 0.15) is 17.9 Å². The van der Waals surface area contributed by atoms with Crippen molar-refractivity contribution in [2.75, 3.05) is 7.11 Å². The molecule has 2 heterocycles. The third-order valence-electron chi connectivity index (χ3n) is 3.52. The summed E-state index contributed by atoms with van der Waals surface area (Å²) < 4.78 is 12.3. The zero-order valence-corrected chi connectivity index (χ0v) is 12.4. The summed E-state index contributed by atoms with van der Waals surface area (Å²) in [4.78, 5) is 11.7. The molecule has 1 aromatic carbocycles. The monoisotopic (exact) mass is 296 g/mol. The first-order valence-corrected chi connectivity index (χ1v) is 6.93. The molecule has 0 spiro atoms. The molecule has 112 valence electrons. The highest BCUT2D eigenvalue weighted by Gasteiger charge is 2.15. The van der Waals surface area contributed by atoms with Crippen LogP contribution < -0.4 is 4.74 Å². The lowest BCUT2D eigenvalue weighted by molar-refractivity contribution is 0.0603. The Kier molecular flexibility index (Phi) is 3.78. The molecule has 0 radical (unpaired) electrons. The first kappa shape index (κ1) is 14.1. The number of aromatic nitrogens is 2. The summed E-state index contributed by atoms with van der Waals surface area (Å²) in [5, 5.41) is 4.24. The molecule has 5 heteroatoms. The molecule has 2 aromatic heterocycles. The molecule has 0 N–H and O–H groups in total. The molecule has 3 rings (SSSR count). The number of fused-ring (bicyclic) bond motifs is 1. The summed E-state index contributed by atoms with van der Waals surface area (Å²) in [5.74, 6) is 0.336. The molecule has 0 fully saturated rings. The number of esters is 1. The van der Waals surface area contributed by atoms with Crippen LogP contribution in [0.2, 0.25) is 0 Å². The topological polar surface area (TPSA) is 52.8 Å². The van der Waals surface area contributed by atoms with E-state index in [1.807, 2.05) is 49.4 Å². The number of benzene rings is 1. The zero-order valence-electron chi connectivity index (χ0n) is 12.4. The number of methoxy groups -OCH3 is 1. The van der Waals surface area contributed by atoms with Crippen LogP contribution in [0.4, 0.5) is 0 Å². The highest BCUT2D eigenvalue weighted by atomic mass is 16.5. The first-order chi connectivity index (χ1) is 10.7. The maximum Gasteiger partial charge on any atom is 0.341 e. The Labute approximate surface area is 128 Å². The van der Waals surface area contributed by atoms with Gasteiger partial charge in [0.2, 0.25) is 0 Å². The van der Waals surface area contributed by atoms with Crippen molar-refractivity contribution in [1.29, 1.82) is 0 Å². The van der Waals surface area contributed by atoms with Crippen molar-refractivity contribution in [2.45, 2.75) is 13.5 Å². The van der Waals surface area contributed by atoms with Crippen molar-refractivity contribution in [3.8, 4) is 5.75 Å². The van der Waals surface area contributed by atoms with Gasteiger partial charge in [-0.15, -0.1) is 0 Å². The van der Waals surface area contributed by atoms with Crippen molar-refractivity contribution in [3.05, 3.63) is 65.5 Å². The summed E-state index contributed by atoms with van der Waals surface area (Å²) in [6, 6.07) is 13.6. The fraction of sp³-hybridized carbons (Fsp3) is 0.176. The van der Waals surface area contributed by atoms with Crippen LogP contribution >= 0.6 is 0 Å². The normalized spacial score (nSPS) is 10.6. The van der Waals surface area contributed by atoms with Crippen LogP contribution in [0, 0.1) is 6.92 Å². The number of pyridine rings is 1. The van der Waals surface area contributed by atoms with E-state index >= 15 is 0 Å². The van der Waals surface area contributed by atoms with E-state index in [1.54, 1.807) is 4.52 Å². The lowest BCUT2D eigenvalue weighted by Gasteiger charge is -2.10. The van der Waals surface area contributed by atoms with Crippen LogP contribution in [0.1, 0.15) is 21.6 Å². The molecule has 0 aliphatic rings. The second-order valence-corrected chi connectivity index (χ2v) is 4.90. The minimum atomic E-state index is -0.396. The van der Waals surface area contributed by atoms with Crippen molar-refractivity contribution in [2.24, 2.45) is 0 Å². The molecule has 22 heavy (non-hydrogen) atoms. The number of rotatable bonds is 4. The van der Waals surface area contributed by atoms with E-state index in [0.717, 1.165) is 17.0 Å². The van der Waals surface area contributed by atoms with Crippen LogP contribution in [0.15, 0.2) is 48.7 Å². The standard InChI is InChI=1S/C17H16N2O3/c1-12-16(22-11-13-6-4-3-5-7-13)9-8-15-14(17(20)21-2)10-18-19(12)15/h3-10H,11H2,1-2H3. The largest absolute Gasteiger partial charge is 0.487 e. The van der Waals surface area contributed by atoms with Crippen LogP contribution in [-0.2, 0) is 11.3 Å². The van der Waals surface area contributed by atoms with Gasteiger partial charge in [0.25, 0.3) is 0 Å². The maximum atomic E-state index is 11.7. The molecule has 0 atom stereocenters. The zero-order chi connectivity index (χ0) is 15.5. The van der Waals surface area contributed by atoms with E-state index in [2.05, 4.69) is 5.10 Å². The molecular weight excluding hydrogens is 280 g/mol. The average molecular weight is 296 g/mol. The van der Waals surface area contributed by atoms with Gasteiger partial charge in [-0.3, -0.25) is 0 Å². The summed E-state index contributed by atoms with van der Waals surface area (Å²) in [6.45, 7) is 2.39. The fourth-order valence-corrected chi connectivity index (χ4v) is 2.32. The lowest BCUT2D eigenvalue weighted by Crippen LogP contribution is -2.03. The van der Waals surface area contributed by atoms with E-state index in [0.29, 0.717) is 17.7 Å². The molecule has 0 aliphatic heterocycles. The molecule has 0 unspecified atom stereocenters. The summed E-state index contributed by atoms with van der Waals surface area (Å²) in [5.41, 5.74) is 3.08. The van der Waals surface area contributed by atoms with Gasteiger partial charge in [0.05, 0.1) is 24.5 Å². The number of carbonyl (C=O) groups excluding carboxylic acids is 1. The molecule has 5 nitrogen and oxygen atoms in total. The minimum Gasteiger partial charge on any atom is -0.487 e. The predicted octanol–water partition coefficient (Wildman–Crippen LogP) is 3.01. The van der Waals surface area contributed by atoms with Gasteiger partial charge in [-0.25, -0.2) is 9.31 Å². The van der Waals surface area contributed by atoms with E-state index in [4.69, 9.17) is 9.47 Å². The van der Waals surface area contributed by atoms with Gasteiger partial charge >= 0.3 is 5.97 Å². The average Bonchev–Trinajstić information content (AvgIpc) is 2.99. The Morgan fingerprint density at radius 2 is 1.95 bits per heavy atom. The molecular formula is C17H16N2O3. The quantitative estimate of drug-likeness (QED) is 0.694. The summed E-state index contributed by atoms with van der Waals surface area (Å²) in [7, 11) is 1.36. The number of hydrogen-bond donors (Lipinski definition) is 0. The van der Waals surface area contributed by atoms with Gasteiger partial charge in [-0.1, -0.05) is 30.3 Å². The summed E-state index contributed by atoms with van der Waals surface area (Å²) in [6.07, 6.45) is 1.51. The smallest absolute Gasteiger partial charge is 0.341 e. The van der Waals surface area contributed by atoms with E-state index in [1.165, 1.54) is 13.3 Å². The first-order valence-electron chi connectivity index (χ1n) is 6.93. The molecule has 0 bridgehead atoms. The van der Waals surface area contributed by atoms with Crippen LogP contribution in [-0.4, -0.2) is 22.7 Å². The highest BCUT2D eigenvalue weighted by Crippen LogP contribution is 2.23. The van der Waals surface area contributed by atoms with Crippen molar-refractivity contribution in [1.82, 2.24) is 9.61 Å². The van der Waals surface area contributed by atoms with Gasteiger partial charge < -0.3 is 9.47 Å². The Balaban J connectivity index is 1.89. The van der Waals surface area contributed by atoms with Crippen LogP contribution in [0.3, 0.4) is 0 Å². The minimum absolute atomic E-state index is 0.396. The molecule has 0 saturated heterocycles. The van der Waals surface area contributed by atoms with Crippen LogP contribution in [0.5, 0.6) is 5.75 Å². The van der Waals surface area contributed by atoms with Gasteiger partial charge in [-0.05, 0) is 24.6 Å². The van der Waals surface area contributed by atoms with Gasteiger partial charge in [0, 0.05) is 0 Å². The van der Waals surface area contributed by atoms with Crippen molar-refractivity contribution >= 4 is 11.5 Å². The molecule has 3 aromatic rings. The Morgan fingerprint density at radius 3 is 2.68 bits per heavy atom. The lowest BCUT2D eigenvalue weighted by atomic mass is 10.2.